The third-order valence-corrected chi connectivity index (χ3v) is 5.11. The zero-order valence-electron chi connectivity index (χ0n) is 13.3. The molecule has 1 aliphatic rings. The maximum Gasteiger partial charge on any atom is 0.126 e. The van der Waals surface area contributed by atoms with Gasteiger partial charge in [0.25, 0.3) is 0 Å². The molecule has 1 aromatic carbocycles. The first kappa shape index (κ1) is 16.4. The highest BCUT2D eigenvalue weighted by Crippen LogP contribution is 2.46. The molecular formula is C18H26F2O. The van der Waals surface area contributed by atoms with E-state index in [2.05, 4.69) is 20.8 Å². The maximum absolute atomic E-state index is 13.3. The Kier molecular flexibility index (Phi) is 4.72. The van der Waals surface area contributed by atoms with Gasteiger partial charge in [0.2, 0.25) is 0 Å². The molecule has 0 bridgehead atoms. The molecule has 118 valence electrons. The van der Waals surface area contributed by atoms with Crippen LogP contribution in [0.25, 0.3) is 0 Å². The van der Waals surface area contributed by atoms with E-state index in [1.54, 1.807) is 0 Å². The standard InChI is InChI=1S/C18H26F2O/c1-17(2,3)14-4-6-18(12-21,7-5-14)11-13-8-15(19)10-16(20)9-13/h8-10,14,21H,4-7,11-12H2,1-3H3. The Balaban J connectivity index is 2.10. The summed E-state index contributed by atoms with van der Waals surface area (Å²) in [6.45, 7) is 6.85. The lowest BCUT2D eigenvalue weighted by molar-refractivity contribution is 0.0368. The number of hydrogen-bond acceptors (Lipinski definition) is 1. The van der Waals surface area contributed by atoms with Crippen molar-refractivity contribution in [3.63, 3.8) is 0 Å². The normalized spacial score (nSPS) is 26.9. The summed E-state index contributed by atoms with van der Waals surface area (Å²) in [5.41, 5.74) is 0.713. The number of benzene rings is 1. The fraction of sp³-hybridized carbons (Fsp3) is 0.667. The maximum atomic E-state index is 13.3. The van der Waals surface area contributed by atoms with E-state index in [9.17, 15) is 13.9 Å². The highest BCUT2D eigenvalue weighted by molar-refractivity contribution is 5.20. The van der Waals surface area contributed by atoms with Crippen molar-refractivity contribution in [3.05, 3.63) is 35.4 Å². The molecule has 1 N–H and O–H groups in total. The van der Waals surface area contributed by atoms with Crippen molar-refractivity contribution < 1.29 is 13.9 Å². The van der Waals surface area contributed by atoms with Crippen molar-refractivity contribution in [2.75, 3.05) is 6.61 Å². The quantitative estimate of drug-likeness (QED) is 0.855. The molecule has 0 atom stereocenters. The second kappa shape index (κ2) is 6.04. The van der Waals surface area contributed by atoms with Gasteiger partial charge in [-0.1, -0.05) is 20.8 Å². The summed E-state index contributed by atoms with van der Waals surface area (Å²) in [6, 6.07) is 3.66. The molecule has 0 aliphatic heterocycles. The molecule has 0 radical (unpaired) electrons. The summed E-state index contributed by atoms with van der Waals surface area (Å²) in [6.07, 6.45) is 4.53. The Morgan fingerprint density at radius 2 is 1.62 bits per heavy atom. The van der Waals surface area contributed by atoms with Crippen molar-refractivity contribution in [2.45, 2.75) is 52.9 Å². The predicted molar refractivity (Wildman–Crippen MR) is 81.0 cm³/mol. The molecule has 1 aromatic rings. The van der Waals surface area contributed by atoms with Crippen LogP contribution in [0.2, 0.25) is 0 Å². The van der Waals surface area contributed by atoms with Gasteiger partial charge in [-0.25, -0.2) is 8.78 Å². The lowest BCUT2D eigenvalue weighted by atomic mass is 9.62. The Labute approximate surface area is 126 Å². The fourth-order valence-electron chi connectivity index (χ4n) is 3.63. The van der Waals surface area contributed by atoms with Gasteiger partial charge in [-0.2, -0.15) is 0 Å². The lowest BCUT2D eigenvalue weighted by Gasteiger charge is -2.43. The average Bonchev–Trinajstić information content (AvgIpc) is 2.37. The van der Waals surface area contributed by atoms with Gasteiger partial charge < -0.3 is 5.11 Å². The van der Waals surface area contributed by atoms with Crippen LogP contribution in [0.5, 0.6) is 0 Å². The monoisotopic (exact) mass is 296 g/mol. The molecule has 1 nitrogen and oxygen atoms in total. The number of aliphatic hydroxyl groups excluding tert-OH is 1. The first-order chi connectivity index (χ1) is 9.74. The molecule has 0 spiro atoms. The minimum Gasteiger partial charge on any atom is -0.396 e. The van der Waals surface area contributed by atoms with Crippen molar-refractivity contribution in [2.24, 2.45) is 16.7 Å². The van der Waals surface area contributed by atoms with Crippen LogP contribution in [-0.4, -0.2) is 11.7 Å². The van der Waals surface area contributed by atoms with E-state index in [-0.39, 0.29) is 17.4 Å². The summed E-state index contributed by atoms with van der Waals surface area (Å²) in [5.74, 6) is -0.427. The van der Waals surface area contributed by atoms with Gasteiger partial charge in [0.15, 0.2) is 0 Å². The minimum atomic E-state index is -0.540. The fourth-order valence-corrected chi connectivity index (χ4v) is 3.63. The van der Waals surface area contributed by atoms with E-state index in [1.807, 2.05) is 0 Å². The molecule has 0 aromatic heterocycles. The van der Waals surface area contributed by atoms with Gasteiger partial charge >= 0.3 is 0 Å². The van der Waals surface area contributed by atoms with Crippen molar-refractivity contribution in [1.82, 2.24) is 0 Å². The van der Waals surface area contributed by atoms with Crippen LogP contribution >= 0.6 is 0 Å². The summed E-state index contributed by atoms with van der Waals surface area (Å²) in [5, 5.41) is 9.84. The second-order valence-corrected chi connectivity index (χ2v) is 7.75. The van der Waals surface area contributed by atoms with Crippen molar-refractivity contribution >= 4 is 0 Å². The van der Waals surface area contributed by atoms with Gasteiger partial charge in [0.1, 0.15) is 11.6 Å². The molecular weight excluding hydrogens is 270 g/mol. The lowest BCUT2D eigenvalue weighted by Crippen LogP contribution is -2.36. The smallest absolute Gasteiger partial charge is 0.126 e. The van der Waals surface area contributed by atoms with Crippen LogP contribution in [0.15, 0.2) is 18.2 Å². The first-order valence-electron chi connectivity index (χ1n) is 7.80. The number of aliphatic hydroxyl groups is 1. The zero-order valence-corrected chi connectivity index (χ0v) is 13.3. The van der Waals surface area contributed by atoms with Gasteiger partial charge in [-0.05, 0) is 66.5 Å². The molecule has 0 amide bonds. The van der Waals surface area contributed by atoms with Crippen LogP contribution < -0.4 is 0 Å². The van der Waals surface area contributed by atoms with E-state index in [1.165, 1.54) is 12.1 Å². The summed E-state index contributed by atoms with van der Waals surface area (Å²) < 4.78 is 26.7. The number of halogens is 2. The Morgan fingerprint density at radius 1 is 1.10 bits per heavy atom. The second-order valence-electron chi connectivity index (χ2n) is 7.75. The Bertz CT molecular complexity index is 462. The zero-order chi connectivity index (χ0) is 15.7. The van der Waals surface area contributed by atoms with Crippen LogP contribution in [0.1, 0.15) is 52.0 Å². The molecule has 21 heavy (non-hydrogen) atoms. The average molecular weight is 296 g/mol. The summed E-state index contributed by atoms with van der Waals surface area (Å²) in [4.78, 5) is 0. The Hall–Kier alpha value is -0.960. The van der Waals surface area contributed by atoms with Gasteiger partial charge in [0.05, 0.1) is 0 Å². The largest absolute Gasteiger partial charge is 0.396 e. The molecule has 2 rings (SSSR count). The molecule has 3 heteroatoms. The van der Waals surface area contributed by atoms with E-state index in [0.717, 1.165) is 31.7 Å². The topological polar surface area (TPSA) is 20.2 Å². The molecule has 1 saturated carbocycles. The van der Waals surface area contributed by atoms with Gasteiger partial charge in [-0.15, -0.1) is 0 Å². The minimum absolute atomic E-state index is 0.0853. The molecule has 0 saturated heterocycles. The highest BCUT2D eigenvalue weighted by Gasteiger charge is 2.38. The van der Waals surface area contributed by atoms with Gasteiger partial charge in [0, 0.05) is 12.7 Å². The summed E-state index contributed by atoms with van der Waals surface area (Å²) >= 11 is 0. The van der Waals surface area contributed by atoms with E-state index < -0.39 is 11.6 Å². The van der Waals surface area contributed by atoms with E-state index >= 15 is 0 Å². The van der Waals surface area contributed by atoms with E-state index in [0.29, 0.717) is 17.9 Å². The third kappa shape index (κ3) is 4.03. The van der Waals surface area contributed by atoms with Crippen molar-refractivity contribution in [3.8, 4) is 0 Å². The number of hydrogen-bond donors (Lipinski definition) is 1. The van der Waals surface area contributed by atoms with E-state index in [4.69, 9.17) is 0 Å². The van der Waals surface area contributed by atoms with Crippen molar-refractivity contribution in [1.29, 1.82) is 0 Å². The third-order valence-electron chi connectivity index (χ3n) is 5.11. The van der Waals surface area contributed by atoms with Crippen LogP contribution in [0, 0.1) is 28.4 Å². The molecule has 0 heterocycles. The highest BCUT2D eigenvalue weighted by atomic mass is 19.1. The first-order valence-corrected chi connectivity index (χ1v) is 7.80. The van der Waals surface area contributed by atoms with Crippen LogP contribution in [-0.2, 0) is 6.42 Å². The SMILES string of the molecule is CC(C)(C)C1CCC(CO)(Cc2cc(F)cc(F)c2)CC1. The molecule has 0 unspecified atom stereocenters. The van der Waals surface area contributed by atoms with Crippen LogP contribution in [0.3, 0.4) is 0 Å². The van der Waals surface area contributed by atoms with Crippen LogP contribution in [0.4, 0.5) is 8.78 Å². The number of rotatable bonds is 3. The molecule has 1 aliphatic carbocycles. The predicted octanol–water partition coefficient (Wildman–Crippen LogP) is 4.72. The Morgan fingerprint density at radius 3 is 2.05 bits per heavy atom. The molecule has 1 fully saturated rings. The summed E-state index contributed by atoms with van der Waals surface area (Å²) in [7, 11) is 0. The van der Waals surface area contributed by atoms with Gasteiger partial charge in [-0.3, -0.25) is 0 Å².